The molecule has 0 unspecified atom stereocenters. The Morgan fingerprint density at radius 3 is 2.62 bits per heavy atom. The highest BCUT2D eigenvalue weighted by Gasteiger charge is 2.22. The van der Waals surface area contributed by atoms with Gasteiger partial charge in [0.2, 0.25) is 11.8 Å². The fraction of sp³-hybridized carbons (Fsp3) is 0.450. The van der Waals surface area contributed by atoms with Crippen LogP contribution >= 0.6 is 0 Å². The molecule has 6 nitrogen and oxygen atoms in total. The Morgan fingerprint density at radius 1 is 1.19 bits per heavy atom. The quantitative estimate of drug-likeness (QED) is 0.837. The molecule has 1 saturated carbocycles. The third-order valence-corrected chi connectivity index (χ3v) is 4.79. The van der Waals surface area contributed by atoms with Gasteiger partial charge in [0.25, 0.3) is 0 Å². The zero-order valence-corrected chi connectivity index (χ0v) is 15.4. The zero-order valence-electron chi connectivity index (χ0n) is 15.4. The Hall–Kier alpha value is -2.63. The van der Waals surface area contributed by atoms with Gasteiger partial charge in [-0.1, -0.05) is 25.0 Å². The van der Waals surface area contributed by atoms with Crippen LogP contribution in [0.3, 0.4) is 0 Å². The van der Waals surface area contributed by atoms with Crippen molar-refractivity contribution < 1.29 is 9.59 Å². The molecule has 3 rings (SSSR count). The van der Waals surface area contributed by atoms with Crippen molar-refractivity contribution in [3.8, 4) is 5.69 Å². The average Bonchev–Trinajstić information content (AvgIpc) is 3.25. The first-order valence-corrected chi connectivity index (χ1v) is 9.25. The molecular formula is C20H26N4O2. The van der Waals surface area contributed by atoms with E-state index < -0.39 is 0 Å². The van der Waals surface area contributed by atoms with Crippen LogP contribution in [-0.4, -0.2) is 28.1 Å². The molecule has 2 aromatic rings. The minimum atomic E-state index is -0.120. The normalized spacial score (nSPS) is 14.4. The van der Waals surface area contributed by atoms with Crippen LogP contribution in [0, 0.1) is 19.8 Å². The number of para-hydroxylation sites is 2. The van der Waals surface area contributed by atoms with E-state index in [0.29, 0.717) is 12.2 Å². The molecular weight excluding hydrogens is 328 g/mol. The smallest absolute Gasteiger partial charge is 0.226 e. The molecule has 1 aliphatic rings. The van der Waals surface area contributed by atoms with Gasteiger partial charge in [-0.15, -0.1) is 0 Å². The van der Waals surface area contributed by atoms with Crippen molar-refractivity contribution in [1.29, 1.82) is 0 Å². The topological polar surface area (TPSA) is 76.0 Å². The molecule has 2 amide bonds. The molecule has 1 aliphatic carbocycles. The molecule has 0 aliphatic heterocycles. The third kappa shape index (κ3) is 4.31. The number of carbonyl (C=O) groups excluding carboxylic acids is 2. The van der Waals surface area contributed by atoms with E-state index >= 15 is 0 Å². The van der Waals surface area contributed by atoms with E-state index in [4.69, 9.17) is 0 Å². The predicted molar refractivity (Wildman–Crippen MR) is 101 cm³/mol. The molecule has 6 heteroatoms. The van der Waals surface area contributed by atoms with Gasteiger partial charge in [-0.2, -0.15) is 5.10 Å². The maximum atomic E-state index is 12.3. The first-order valence-electron chi connectivity index (χ1n) is 9.25. The van der Waals surface area contributed by atoms with Gasteiger partial charge >= 0.3 is 0 Å². The number of amides is 2. The van der Waals surface area contributed by atoms with Gasteiger partial charge in [-0.3, -0.25) is 9.59 Å². The van der Waals surface area contributed by atoms with Crippen LogP contribution in [-0.2, 0) is 9.59 Å². The monoisotopic (exact) mass is 354 g/mol. The molecule has 0 atom stereocenters. The summed E-state index contributed by atoms with van der Waals surface area (Å²) in [6.45, 7) is 4.29. The Bertz CT molecular complexity index is 791. The van der Waals surface area contributed by atoms with Crippen molar-refractivity contribution in [2.24, 2.45) is 5.92 Å². The Morgan fingerprint density at radius 2 is 1.92 bits per heavy atom. The Labute approximate surface area is 154 Å². The second kappa shape index (κ2) is 8.17. The number of nitrogens with one attached hydrogen (secondary N) is 2. The minimum Gasteiger partial charge on any atom is -0.355 e. The molecule has 1 aromatic carbocycles. The predicted octanol–water partition coefficient (Wildman–Crippen LogP) is 3.12. The number of rotatable bonds is 6. The van der Waals surface area contributed by atoms with Crippen LogP contribution in [0.15, 0.2) is 30.3 Å². The van der Waals surface area contributed by atoms with E-state index in [1.165, 1.54) is 0 Å². The lowest BCUT2D eigenvalue weighted by atomic mass is 10.1. The summed E-state index contributed by atoms with van der Waals surface area (Å²) in [5.74, 6) is 0.0915. The Balaban J connectivity index is 1.58. The van der Waals surface area contributed by atoms with Gasteiger partial charge in [-0.05, 0) is 44.9 Å². The van der Waals surface area contributed by atoms with Crippen LogP contribution < -0.4 is 10.6 Å². The SMILES string of the molecule is Cc1cc(C)n(-c2ccccc2NC(=O)CCNC(=O)C2CCCC2)n1. The number of carbonyl (C=O) groups is 2. The molecule has 0 spiro atoms. The standard InChI is InChI=1S/C20H26N4O2/c1-14-13-15(2)24(23-14)18-10-6-5-9-17(18)22-19(25)11-12-21-20(26)16-7-3-4-8-16/h5-6,9-10,13,16H,3-4,7-8,11-12H2,1-2H3,(H,21,26)(H,22,25). The lowest BCUT2D eigenvalue weighted by Crippen LogP contribution is -2.32. The number of benzene rings is 1. The van der Waals surface area contributed by atoms with Crippen LogP contribution in [0.5, 0.6) is 0 Å². The average molecular weight is 354 g/mol. The summed E-state index contributed by atoms with van der Waals surface area (Å²) < 4.78 is 1.83. The van der Waals surface area contributed by atoms with E-state index in [-0.39, 0.29) is 24.2 Å². The molecule has 1 fully saturated rings. The summed E-state index contributed by atoms with van der Waals surface area (Å²) in [4.78, 5) is 24.3. The molecule has 1 aromatic heterocycles. The van der Waals surface area contributed by atoms with Crippen molar-refractivity contribution in [2.45, 2.75) is 46.0 Å². The summed E-state index contributed by atoms with van der Waals surface area (Å²) >= 11 is 0. The lowest BCUT2D eigenvalue weighted by Gasteiger charge is -2.13. The van der Waals surface area contributed by atoms with E-state index in [0.717, 1.165) is 42.8 Å². The van der Waals surface area contributed by atoms with Crippen molar-refractivity contribution in [3.63, 3.8) is 0 Å². The highest BCUT2D eigenvalue weighted by atomic mass is 16.2. The number of aryl methyl sites for hydroxylation is 2. The second-order valence-electron chi connectivity index (χ2n) is 6.93. The van der Waals surface area contributed by atoms with Gasteiger partial charge in [0, 0.05) is 24.6 Å². The van der Waals surface area contributed by atoms with E-state index in [1.807, 2.05) is 48.9 Å². The van der Waals surface area contributed by atoms with Crippen LogP contribution in [0.2, 0.25) is 0 Å². The summed E-state index contributed by atoms with van der Waals surface area (Å²) in [5, 5.41) is 10.3. The van der Waals surface area contributed by atoms with Gasteiger partial charge in [0.15, 0.2) is 0 Å². The van der Waals surface area contributed by atoms with Crippen LogP contribution in [0.4, 0.5) is 5.69 Å². The van der Waals surface area contributed by atoms with Crippen LogP contribution in [0.1, 0.15) is 43.5 Å². The minimum absolute atomic E-state index is 0.0818. The summed E-state index contributed by atoms with van der Waals surface area (Å²) in [6, 6.07) is 9.59. The van der Waals surface area contributed by atoms with Gasteiger partial charge in [0.1, 0.15) is 0 Å². The maximum Gasteiger partial charge on any atom is 0.226 e. The van der Waals surface area contributed by atoms with Crippen molar-refractivity contribution >= 4 is 17.5 Å². The molecule has 2 N–H and O–H groups in total. The molecule has 0 bridgehead atoms. The van der Waals surface area contributed by atoms with E-state index in [2.05, 4.69) is 15.7 Å². The van der Waals surface area contributed by atoms with Gasteiger partial charge in [0.05, 0.1) is 17.1 Å². The van der Waals surface area contributed by atoms with Gasteiger partial charge < -0.3 is 10.6 Å². The Kier molecular flexibility index (Phi) is 5.71. The summed E-state index contributed by atoms with van der Waals surface area (Å²) in [7, 11) is 0. The number of anilines is 1. The molecule has 0 radical (unpaired) electrons. The molecule has 26 heavy (non-hydrogen) atoms. The zero-order chi connectivity index (χ0) is 18.5. The lowest BCUT2D eigenvalue weighted by molar-refractivity contribution is -0.124. The third-order valence-electron chi connectivity index (χ3n) is 4.79. The van der Waals surface area contributed by atoms with Crippen molar-refractivity contribution in [2.75, 3.05) is 11.9 Å². The number of hydrogen-bond donors (Lipinski definition) is 2. The fourth-order valence-electron chi connectivity index (χ4n) is 3.48. The van der Waals surface area contributed by atoms with E-state index in [1.54, 1.807) is 0 Å². The van der Waals surface area contributed by atoms with Crippen molar-refractivity contribution in [1.82, 2.24) is 15.1 Å². The number of nitrogens with zero attached hydrogens (tertiary/aromatic N) is 2. The maximum absolute atomic E-state index is 12.3. The number of hydrogen-bond acceptors (Lipinski definition) is 3. The van der Waals surface area contributed by atoms with Gasteiger partial charge in [-0.25, -0.2) is 4.68 Å². The molecule has 1 heterocycles. The number of aromatic nitrogens is 2. The van der Waals surface area contributed by atoms with E-state index in [9.17, 15) is 9.59 Å². The summed E-state index contributed by atoms with van der Waals surface area (Å²) in [6.07, 6.45) is 4.44. The highest BCUT2D eigenvalue weighted by molar-refractivity contribution is 5.93. The van der Waals surface area contributed by atoms with Crippen LogP contribution in [0.25, 0.3) is 5.69 Å². The van der Waals surface area contributed by atoms with Crippen molar-refractivity contribution in [3.05, 3.63) is 41.7 Å². The fourth-order valence-corrected chi connectivity index (χ4v) is 3.48. The molecule has 0 saturated heterocycles. The first-order chi connectivity index (χ1) is 12.5. The highest BCUT2D eigenvalue weighted by Crippen LogP contribution is 2.24. The largest absolute Gasteiger partial charge is 0.355 e. The first kappa shape index (κ1) is 18.2. The summed E-state index contributed by atoms with van der Waals surface area (Å²) in [5.41, 5.74) is 3.48. The second-order valence-corrected chi connectivity index (χ2v) is 6.93. The molecule has 138 valence electrons.